The summed E-state index contributed by atoms with van der Waals surface area (Å²) in [6, 6.07) is 9.06. The van der Waals surface area contributed by atoms with Crippen LogP contribution in [-0.4, -0.2) is 19.1 Å². The number of hydrogen-bond donors (Lipinski definition) is 1. The molecule has 1 rings (SSSR count). The zero-order valence-electron chi connectivity index (χ0n) is 9.52. The van der Waals surface area contributed by atoms with Gasteiger partial charge in [-0.15, -0.1) is 0 Å². The number of carbonyl (C=O) groups is 1. The second-order valence-electron chi connectivity index (χ2n) is 3.70. The summed E-state index contributed by atoms with van der Waals surface area (Å²) in [5, 5.41) is 0. The molecule has 0 aliphatic heterocycles. The fraction of sp³-hybridized carbons (Fsp3) is 0.462. The molecule has 16 heavy (non-hydrogen) atoms. The first kappa shape index (κ1) is 12.7. The van der Waals surface area contributed by atoms with Gasteiger partial charge in [0.25, 0.3) is 0 Å². The molecule has 3 nitrogen and oxygen atoms in total. The van der Waals surface area contributed by atoms with Crippen molar-refractivity contribution in [3.63, 3.8) is 0 Å². The standard InChI is InChI=1S/C13H19NO2/c14-10-6-1-2-7-11-16-13(15)12-8-4-3-5-9-12/h3-5,8-9H,1-2,6-7,10-11,14H2. The summed E-state index contributed by atoms with van der Waals surface area (Å²) in [5.41, 5.74) is 6.00. The molecule has 0 saturated heterocycles. The van der Waals surface area contributed by atoms with Gasteiger partial charge < -0.3 is 10.5 Å². The first-order valence-corrected chi connectivity index (χ1v) is 5.77. The molecular formula is C13H19NO2. The monoisotopic (exact) mass is 221 g/mol. The van der Waals surface area contributed by atoms with E-state index in [0.717, 1.165) is 32.2 Å². The van der Waals surface area contributed by atoms with E-state index in [1.807, 2.05) is 18.2 Å². The van der Waals surface area contributed by atoms with Crippen molar-refractivity contribution in [2.75, 3.05) is 13.2 Å². The van der Waals surface area contributed by atoms with E-state index in [4.69, 9.17) is 10.5 Å². The third kappa shape index (κ3) is 4.94. The van der Waals surface area contributed by atoms with Gasteiger partial charge in [0.05, 0.1) is 12.2 Å². The molecule has 0 aliphatic rings. The minimum absolute atomic E-state index is 0.237. The number of rotatable bonds is 7. The Hall–Kier alpha value is -1.35. The van der Waals surface area contributed by atoms with Crippen LogP contribution in [-0.2, 0) is 4.74 Å². The summed E-state index contributed by atoms with van der Waals surface area (Å²) < 4.78 is 5.14. The molecule has 1 aromatic rings. The second-order valence-corrected chi connectivity index (χ2v) is 3.70. The number of carbonyl (C=O) groups excluding carboxylic acids is 1. The van der Waals surface area contributed by atoms with Gasteiger partial charge in [-0.2, -0.15) is 0 Å². The number of benzene rings is 1. The van der Waals surface area contributed by atoms with Crippen LogP contribution in [0.1, 0.15) is 36.0 Å². The Morgan fingerprint density at radius 1 is 1.06 bits per heavy atom. The normalized spacial score (nSPS) is 10.1. The number of esters is 1. The fourth-order valence-corrected chi connectivity index (χ4v) is 1.42. The molecule has 0 spiro atoms. The lowest BCUT2D eigenvalue weighted by Crippen LogP contribution is -2.06. The van der Waals surface area contributed by atoms with Crippen LogP contribution >= 0.6 is 0 Å². The van der Waals surface area contributed by atoms with Gasteiger partial charge in [-0.1, -0.05) is 31.0 Å². The maximum Gasteiger partial charge on any atom is 0.338 e. The third-order valence-corrected chi connectivity index (χ3v) is 2.34. The zero-order chi connectivity index (χ0) is 11.6. The highest BCUT2D eigenvalue weighted by Gasteiger charge is 2.04. The molecule has 3 heteroatoms. The first-order valence-electron chi connectivity index (χ1n) is 5.77. The molecule has 0 bridgehead atoms. The number of unbranched alkanes of at least 4 members (excludes halogenated alkanes) is 3. The second kappa shape index (κ2) is 7.88. The number of ether oxygens (including phenoxy) is 1. The molecule has 0 radical (unpaired) electrons. The molecule has 0 unspecified atom stereocenters. The Balaban J connectivity index is 2.12. The van der Waals surface area contributed by atoms with Gasteiger partial charge in [0.15, 0.2) is 0 Å². The van der Waals surface area contributed by atoms with Crippen molar-refractivity contribution in [3.8, 4) is 0 Å². The van der Waals surface area contributed by atoms with Crippen LogP contribution in [0.3, 0.4) is 0 Å². The average Bonchev–Trinajstić information content (AvgIpc) is 2.34. The molecule has 88 valence electrons. The molecule has 0 aliphatic carbocycles. The summed E-state index contributed by atoms with van der Waals surface area (Å²) in [7, 11) is 0. The lowest BCUT2D eigenvalue weighted by atomic mass is 10.2. The summed E-state index contributed by atoms with van der Waals surface area (Å²) in [5.74, 6) is -0.237. The van der Waals surface area contributed by atoms with Crippen molar-refractivity contribution in [1.82, 2.24) is 0 Å². The van der Waals surface area contributed by atoms with Crippen LogP contribution in [0.2, 0.25) is 0 Å². The van der Waals surface area contributed by atoms with Crippen LogP contribution < -0.4 is 5.73 Å². The van der Waals surface area contributed by atoms with E-state index in [9.17, 15) is 4.79 Å². The molecule has 0 fully saturated rings. The Morgan fingerprint density at radius 3 is 2.44 bits per heavy atom. The Bertz CT molecular complexity index is 298. The molecule has 2 N–H and O–H groups in total. The molecular weight excluding hydrogens is 202 g/mol. The van der Waals surface area contributed by atoms with E-state index in [2.05, 4.69) is 0 Å². The van der Waals surface area contributed by atoms with Gasteiger partial charge in [-0.05, 0) is 31.5 Å². The minimum atomic E-state index is -0.237. The van der Waals surface area contributed by atoms with Crippen LogP contribution in [0.5, 0.6) is 0 Å². The van der Waals surface area contributed by atoms with Crippen LogP contribution in [0.15, 0.2) is 30.3 Å². The first-order chi connectivity index (χ1) is 7.84. The van der Waals surface area contributed by atoms with Gasteiger partial charge in [0.1, 0.15) is 0 Å². The molecule has 0 aromatic heterocycles. The van der Waals surface area contributed by atoms with Crippen molar-refractivity contribution >= 4 is 5.97 Å². The van der Waals surface area contributed by atoms with E-state index in [0.29, 0.717) is 12.2 Å². The topological polar surface area (TPSA) is 52.3 Å². The smallest absolute Gasteiger partial charge is 0.338 e. The predicted octanol–water partition coefficient (Wildman–Crippen LogP) is 2.36. The maximum absolute atomic E-state index is 11.5. The Kier molecular flexibility index (Phi) is 6.26. The molecule has 0 atom stereocenters. The van der Waals surface area contributed by atoms with E-state index in [-0.39, 0.29) is 5.97 Å². The van der Waals surface area contributed by atoms with Crippen LogP contribution in [0.4, 0.5) is 0 Å². The van der Waals surface area contributed by atoms with E-state index >= 15 is 0 Å². The van der Waals surface area contributed by atoms with Gasteiger partial charge in [0, 0.05) is 0 Å². The SMILES string of the molecule is NCCCCCCOC(=O)c1ccccc1. The van der Waals surface area contributed by atoms with Gasteiger partial charge in [-0.25, -0.2) is 4.79 Å². The Morgan fingerprint density at radius 2 is 1.75 bits per heavy atom. The fourth-order valence-electron chi connectivity index (χ4n) is 1.42. The summed E-state index contributed by atoms with van der Waals surface area (Å²) in [6.07, 6.45) is 4.14. The van der Waals surface area contributed by atoms with Crippen molar-refractivity contribution in [3.05, 3.63) is 35.9 Å². The highest BCUT2D eigenvalue weighted by atomic mass is 16.5. The third-order valence-electron chi connectivity index (χ3n) is 2.34. The predicted molar refractivity (Wildman–Crippen MR) is 64.2 cm³/mol. The molecule has 0 amide bonds. The number of nitrogens with two attached hydrogens (primary N) is 1. The lowest BCUT2D eigenvalue weighted by molar-refractivity contribution is 0.0498. The van der Waals surface area contributed by atoms with Gasteiger partial charge in [0.2, 0.25) is 0 Å². The highest BCUT2D eigenvalue weighted by Crippen LogP contribution is 2.03. The quantitative estimate of drug-likeness (QED) is 0.568. The largest absolute Gasteiger partial charge is 0.462 e. The average molecular weight is 221 g/mol. The van der Waals surface area contributed by atoms with Gasteiger partial charge >= 0.3 is 5.97 Å². The van der Waals surface area contributed by atoms with Crippen molar-refractivity contribution < 1.29 is 9.53 Å². The zero-order valence-corrected chi connectivity index (χ0v) is 9.52. The molecule has 0 heterocycles. The molecule has 0 saturated carbocycles. The minimum Gasteiger partial charge on any atom is -0.462 e. The molecule has 1 aromatic carbocycles. The van der Waals surface area contributed by atoms with E-state index < -0.39 is 0 Å². The summed E-state index contributed by atoms with van der Waals surface area (Å²) >= 11 is 0. The summed E-state index contributed by atoms with van der Waals surface area (Å²) in [4.78, 5) is 11.5. The highest BCUT2D eigenvalue weighted by molar-refractivity contribution is 5.89. The van der Waals surface area contributed by atoms with Crippen molar-refractivity contribution in [1.29, 1.82) is 0 Å². The lowest BCUT2D eigenvalue weighted by Gasteiger charge is -2.04. The van der Waals surface area contributed by atoms with Crippen LogP contribution in [0.25, 0.3) is 0 Å². The number of hydrogen-bond acceptors (Lipinski definition) is 3. The van der Waals surface area contributed by atoms with E-state index in [1.165, 1.54) is 0 Å². The van der Waals surface area contributed by atoms with Crippen molar-refractivity contribution in [2.24, 2.45) is 5.73 Å². The van der Waals surface area contributed by atoms with Crippen LogP contribution in [0, 0.1) is 0 Å². The van der Waals surface area contributed by atoms with Gasteiger partial charge in [-0.3, -0.25) is 0 Å². The van der Waals surface area contributed by atoms with Crippen molar-refractivity contribution in [2.45, 2.75) is 25.7 Å². The van der Waals surface area contributed by atoms with E-state index in [1.54, 1.807) is 12.1 Å². The Labute approximate surface area is 96.6 Å². The summed E-state index contributed by atoms with van der Waals surface area (Å²) in [6.45, 7) is 1.24. The maximum atomic E-state index is 11.5.